The van der Waals surface area contributed by atoms with Crippen LogP contribution < -0.4 is 16.6 Å². The zero-order chi connectivity index (χ0) is 13.7. The molecule has 0 fully saturated rings. The van der Waals surface area contributed by atoms with E-state index in [1.807, 2.05) is 6.92 Å². The number of anilines is 2. The summed E-state index contributed by atoms with van der Waals surface area (Å²) in [4.78, 5) is 8.39. The van der Waals surface area contributed by atoms with Gasteiger partial charge >= 0.3 is 0 Å². The molecule has 4 N–H and O–H groups in total. The summed E-state index contributed by atoms with van der Waals surface area (Å²) in [6, 6.07) is 0. The van der Waals surface area contributed by atoms with Crippen LogP contribution in [0, 0.1) is 24.7 Å². The fraction of sp³-hybridized carbons (Fsp3) is 0.692. The van der Waals surface area contributed by atoms with Gasteiger partial charge in [-0.1, -0.05) is 27.7 Å². The lowest BCUT2D eigenvalue weighted by molar-refractivity contribution is 0.304. The maximum Gasteiger partial charge on any atom is 0.239 e. The number of hydrazine groups is 1. The van der Waals surface area contributed by atoms with Crippen LogP contribution in [0.5, 0.6) is 0 Å². The normalized spacial score (nSPS) is 11.4. The second-order valence-electron chi connectivity index (χ2n) is 5.40. The molecule has 0 aromatic carbocycles. The van der Waals surface area contributed by atoms with Crippen molar-refractivity contribution in [3.63, 3.8) is 0 Å². The lowest BCUT2D eigenvalue weighted by atomic mass is 9.85. The number of aromatic nitrogens is 2. The maximum atomic E-state index is 5.32. The lowest BCUT2D eigenvalue weighted by Crippen LogP contribution is -2.25. The van der Waals surface area contributed by atoms with Crippen LogP contribution in [0.3, 0.4) is 0 Å². The van der Waals surface area contributed by atoms with Gasteiger partial charge in [0.05, 0.1) is 0 Å². The molecule has 1 aromatic rings. The van der Waals surface area contributed by atoms with Crippen LogP contribution in [0.25, 0.3) is 0 Å². The van der Waals surface area contributed by atoms with E-state index in [1.54, 1.807) is 6.20 Å². The van der Waals surface area contributed by atoms with Crippen LogP contribution in [-0.4, -0.2) is 16.5 Å². The zero-order valence-corrected chi connectivity index (χ0v) is 12.0. The highest BCUT2D eigenvalue weighted by atomic mass is 15.3. The second-order valence-corrected chi connectivity index (χ2v) is 5.40. The molecule has 0 saturated heterocycles. The molecule has 0 aliphatic heterocycles. The molecular weight excluding hydrogens is 226 g/mol. The number of hydrogen-bond donors (Lipinski definition) is 3. The first-order valence-electron chi connectivity index (χ1n) is 6.49. The van der Waals surface area contributed by atoms with Gasteiger partial charge in [0.2, 0.25) is 5.95 Å². The highest BCUT2D eigenvalue weighted by Crippen LogP contribution is 2.21. The molecule has 5 nitrogen and oxygen atoms in total. The van der Waals surface area contributed by atoms with Crippen molar-refractivity contribution in [1.29, 1.82) is 0 Å². The third kappa shape index (κ3) is 3.84. The van der Waals surface area contributed by atoms with Crippen LogP contribution in [0.4, 0.5) is 11.8 Å². The van der Waals surface area contributed by atoms with E-state index in [1.165, 1.54) is 0 Å². The molecule has 5 heteroatoms. The van der Waals surface area contributed by atoms with Crippen molar-refractivity contribution in [2.75, 3.05) is 17.3 Å². The fourth-order valence-electron chi connectivity index (χ4n) is 2.15. The third-order valence-electron chi connectivity index (χ3n) is 3.32. The number of rotatable bonds is 6. The highest BCUT2D eigenvalue weighted by Gasteiger charge is 2.17. The van der Waals surface area contributed by atoms with Gasteiger partial charge in [-0.15, -0.1) is 0 Å². The Labute approximate surface area is 110 Å². The predicted octanol–water partition coefficient (Wildman–Crippen LogP) is 2.41. The van der Waals surface area contributed by atoms with Crippen molar-refractivity contribution in [3.8, 4) is 0 Å². The molecule has 0 unspecified atom stereocenters. The van der Waals surface area contributed by atoms with Gasteiger partial charge in [-0.25, -0.2) is 10.8 Å². The number of nitrogens with two attached hydrogens (primary N) is 1. The van der Waals surface area contributed by atoms with E-state index in [4.69, 9.17) is 5.84 Å². The minimum Gasteiger partial charge on any atom is -0.369 e. The van der Waals surface area contributed by atoms with Crippen molar-refractivity contribution in [3.05, 3.63) is 11.8 Å². The van der Waals surface area contributed by atoms with E-state index in [0.717, 1.165) is 17.9 Å². The van der Waals surface area contributed by atoms with E-state index >= 15 is 0 Å². The summed E-state index contributed by atoms with van der Waals surface area (Å²) in [7, 11) is 0. The molecule has 0 aliphatic rings. The van der Waals surface area contributed by atoms with E-state index < -0.39 is 0 Å². The Balaban J connectivity index is 2.72. The number of nitrogen functional groups attached to an aromatic ring is 1. The first-order chi connectivity index (χ1) is 8.45. The molecular formula is C13H25N5. The molecule has 102 valence electrons. The van der Waals surface area contributed by atoms with Gasteiger partial charge in [0.15, 0.2) is 0 Å². The predicted molar refractivity (Wildman–Crippen MR) is 76.2 cm³/mol. The summed E-state index contributed by atoms with van der Waals surface area (Å²) < 4.78 is 0. The van der Waals surface area contributed by atoms with Crippen molar-refractivity contribution in [2.45, 2.75) is 34.6 Å². The van der Waals surface area contributed by atoms with Gasteiger partial charge in [-0.2, -0.15) is 4.98 Å². The summed E-state index contributed by atoms with van der Waals surface area (Å²) in [5.41, 5.74) is 3.49. The number of hydrogen-bond acceptors (Lipinski definition) is 5. The third-order valence-corrected chi connectivity index (χ3v) is 3.32. The molecule has 1 heterocycles. The van der Waals surface area contributed by atoms with Crippen molar-refractivity contribution in [2.24, 2.45) is 23.6 Å². The Bertz CT molecular complexity index is 368. The monoisotopic (exact) mass is 251 g/mol. The maximum absolute atomic E-state index is 5.32. The molecule has 18 heavy (non-hydrogen) atoms. The SMILES string of the molecule is Cc1cnc(NN)nc1NCC(C(C)C)C(C)C. The van der Waals surface area contributed by atoms with Gasteiger partial charge in [0.1, 0.15) is 5.82 Å². The fourth-order valence-corrected chi connectivity index (χ4v) is 2.15. The topological polar surface area (TPSA) is 75.9 Å². The Morgan fingerprint density at radius 3 is 2.33 bits per heavy atom. The molecule has 0 radical (unpaired) electrons. The van der Waals surface area contributed by atoms with Crippen LogP contribution in [0.1, 0.15) is 33.3 Å². The summed E-state index contributed by atoms with van der Waals surface area (Å²) in [6.45, 7) is 11.9. The molecule has 0 spiro atoms. The number of nitrogens with zero attached hydrogens (tertiary/aromatic N) is 2. The summed E-state index contributed by atoms with van der Waals surface area (Å²) in [5.74, 6) is 8.52. The minimum absolute atomic E-state index is 0.439. The number of aryl methyl sites for hydroxylation is 1. The molecule has 1 aromatic heterocycles. The average Bonchev–Trinajstić information content (AvgIpc) is 2.30. The Hall–Kier alpha value is -1.36. The molecule has 0 amide bonds. The van der Waals surface area contributed by atoms with Gasteiger partial charge in [0, 0.05) is 18.3 Å². The van der Waals surface area contributed by atoms with Gasteiger partial charge in [0.25, 0.3) is 0 Å². The van der Waals surface area contributed by atoms with Gasteiger partial charge < -0.3 is 5.32 Å². The molecule has 0 aliphatic carbocycles. The van der Waals surface area contributed by atoms with Gasteiger partial charge in [-0.05, 0) is 24.7 Å². The van der Waals surface area contributed by atoms with Crippen LogP contribution >= 0.6 is 0 Å². The molecule has 1 rings (SSSR count). The van der Waals surface area contributed by atoms with Crippen molar-refractivity contribution >= 4 is 11.8 Å². The first kappa shape index (κ1) is 14.7. The Morgan fingerprint density at radius 2 is 1.83 bits per heavy atom. The van der Waals surface area contributed by atoms with Crippen molar-refractivity contribution < 1.29 is 0 Å². The highest BCUT2D eigenvalue weighted by molar-refractivity contribution is 5.46. The summed E-state index contributed by atoms with van der Waals surface area (Å²) in [5, 5.41) is 3.40. The van der Waals surface area contributed by atoms with E-state index in [9.17, 15) is 0 Å². The van der Waals surface area contributed by atoms with Gasteiger partial charge in [-0.3, -0.25) is 5.43 Å². The Kier molecular flexibility index (Phi) is 5.34. The quantitative estimate of drug-likeness (QED) is 0.534. The standard InChI is InChI=1S/C13H25N5/c1-8(2)11(9(3)4)7-15-12-10(5)6-16-13(17-12)18-14/h6,8-9,11H,7,14H2,1-5H3,(H2,15,16,17,18). The first-order valence-corrected chi connectivity index (χ1v) is 6.49. The minimum atomic E-state index is 0.439. The molecule has 0 atom stereocenters. The summed E-state index contributed by atoms with van der Waals surface area (Å²) >= 11 is 0. The largest absolute Gasteiger partial charge is 0.369 e. The van der Waals surface area contributed by atoms with E-state index in [-0.39, 0.29) is 0 Å². The van der Waals surface area contributed by atoms with Crippen LogP contribution in [0.15, 0.2) is 6.20 Å². The van der Waals surface area contributed by atoms with E-state index in [2.05, 4.69) is 48.4 Å². The van der Waals surface area contributed by atoms with E-state index in [0.29, 0.717) is 23.7 Å². The zero-order valence-electron chi connectivity index (χ0n) is 12.0. The molecule has 0 saturated carbocycles. The van der Waals surface area contributed by atoms with Crippen molar-refractivity contribution in [1.82, 2.24) is 9.97 Å². The van der Waals surface area contributed by atoms with Crippen LogP contribution in [0.2, 0.25) is 0 Å². The number of nitrogens with one attached hydrogen (secondary N) is 2. The van der Waals surface area contributed by atoms with Crippen LogP contribution in [-0.2, 0) is 0 Å². The smallest absolute Gasteiger partial charge is 0.239 e. The second kappa shape index (κ2) is 6.54. The Morgan fingerprint density at radius 1 is 1.22 bits per heavy atom. The lowest BCUT2D eigenvalue weighted by Gasteiger charge is -2.25. The molecule has 0 bridgehead atoms. The summed E-state index contributed by atoms with van der Waals surface area (Å²) in [6.07, 6.45) is 1.77. The average molecular weight is 251 g/mol.